The van der Waals surface area contributed by atoms with Gasteiger partial charge in [0.25, 0.3) is 0 Å². The van der Waals surface area contributed by atoms with E-state index in [1.165, 1.54) is 30.0 Å². The number of hydrogen-bond donors (Lipinski definition) is 0. The van der Waals surface area contributed by atoms with Gasteiger partial charge >= 0.3 is 0 Å². The molecule has 9 heteroatoms. The molecule has 2 aliphatic heterocycles. The molecule has 0 bridgehead atoms. The fourth-order valence-electron chi connectivity index (χ4n) is 2.88. The molecule has 2 fully saturated rings. The van der Waals surface area contributed by atoms with Crippen molar-refractivity contribution in [2.45, 2.75) is 31.1 Å². The standard InChI is InChI=1S/C15H16ClFN2O3S2/c1-2-3-14(20)18-15-19(9-4-5-11(17)10(16)6-9)12-7-24(21,22)8-13(12)23-15/h4-6,12-13H,2-3,7-8H2,1H3/t12-,13-/m0/s1. The predicted molar refractivity (Wildman–Crippen MR) is 95.1 cm³/mol. The lowest BCUT2D eigenvalue weighted by Gasteiger charge is -2.24. The van der Waals surface area contributed by atoms with Crippen LogP contribution in [-0.4, -0.2) is 42.3 Å². The van der Waals surface area contributed by atoms with E-state index in [0.717, 1.165) is 0 Å². The SMILES string of the molecule is CCCC(=O)N=C1S[C@H]2CS(=O)(=O)C[C@@H]2N1c1ccc(F)c(Cl)c1. The lowest BCUT2D eigenvalue weighted by molar-refractivity contribution is -0.117. The lowest BCUT2D eigenvalue weighted by atomic mass is 10.2. The number of sulfone groups is 1. The highest BCUT2D eigenvalue weighted by molar-refractivity contribution is 8.16. The Morgan fingerprint density at radius 2 is 2.21 bits per heavy atom. The highest BCUT2D eigenvalue weighted by atomic mass is 35.5. The topological polar surface area (TPSA) is 66.8 Å². The van der Waals surface area contributed by atoms with E-state index in [2.05, 4.69) is 4.99 Å². The number of nitrogens with zero attached hydrogens (tertiary/aromatic N) is 2. The molecule has 0 aromatic heterocycles. The zero-order chi connectivity index (χ0) is 17.5. The number of amidine groups is 1. The average molecular weight is 391 g/mol. The van der Waals surface area contributed by atoms with Crippen molar-refractivity contribution in [3.05, 3.63) is 29.0 Å². The van der Waals surface area contributed by atoms with Crippen molar-refractivity contribution in [2.24, 2.45) is 4.99 Å². The second kappa shape index (κ2) is 6.65. The van der Waals surface area contributed by atoms with Crippen LogP contribution in [0.2, 0.25) is 5.02 Å². The summed E-state index contributed by atoms with van der Waals surface area (Å²) in [6, 6.07) is 3.86. The molecule has 1 aromatic rings. The Hall–Kier alpha value is -1.12. The van der Waals surface area contributed by atoms with Gasteiger partial charge in [0.2, 0.25) is 5.91 Å². The first kappa shape index (κ1) is 17.7. The molecule has 1 aromatic carbocycles. The van der Waals surface area contributed by atoms with Gasteiger partial charge in [-0.15, -0.1) is 0 Å². The maximum Gasteiger partial charge on any atom is 0.248 e. The van der Waals surface area contributed by atoms with E-state index in [4.69, 9.17) is 11.6 Å². The summed E-state index contributed by atoms with van der Waals surface area (Å²) in [6.45, 7) is 1.89. The van der Waals surface area contributed by atoms with E-state index in [1.807, 2.05) is 6.92 Å². The van der Waals surface area contributed by atoms with Gasteiger partial charge in [0.15, 0.2) is 15.0 Å². The summed E-state index contributed by atoms with van der Waals surface area (Å²) < 4.78 is 37.3. The van der Waals surface area contributed by atoms with Gasteiger partial charge in [-0.3, -0.25) is 4.79 Å². The molecule has 0 unspecified atom stereocenters. The quantitative estimate of drug-likeness (QED) is 0.793. The summed E-state index contributed by atoms with van der Waals surface area (Å²) in [7, 11) is -3.14. The summed E-state index contributed by atoms with van der Waals surface area (Å²) in [5, 5.41) is 0.217. The molecule has 0 radical (unpaired) electrons. The minimum absolute atomic E-state index is 0.0132. The molecule has 2 saturated heterocycles. The van der Waals surface area contributed by atoms with Crippen LogP contribution in [0.5, 0.6) is 0 Å². The molecule has 2 heterocycles. The van der Waals surface area contributed by atoms with E-state index < -0.39 is 15.7 Å². The van der Waals surface area contributed by atoms with Gasteiger partial charge in [0, 0.05) is 17.4 Å². The Labute approximate surface area is 149 Å². The summed E-state index contributed by atoms with van der Waals surface area (Å²) in [6.07, 6.45) is 1.01. The van der Waals surface area contributed by atoms with Crippen LogP contribution in [-0.2, 0) is 14.6 Å². The van der Waals surface area contributed by atoms with Gasteiger partial charge < -0.3 is 4.90 Å². The van der Waals surface area contributed by atoms with Crippen LogP contribution in [0.1, 0.15) is 19.8 Å². The summed E-state index contributed by atoms with van der Waals surface area (Å²) in [5.74, 6) is -0.764. The normalized spacial score (nSPS) is 26.8. The van der Waals surface area contributed by atoms with Crippen molar-refractivity contribution in [2.75, 3.05) is 16.4 Å². The molecule has 2 aliphatic rings. The highest BCUT2D eigenvalue weighted by Crippen LogP contribution is 2.41. The van der Waals surface area contributed by atoms with Crippen molar-refractivity contribution < 1.29 is 17.6 Å². The van der Waals surface area contributed by atoms with Crippen LogP contribution in [0.25, 0.3) is 0 Å². The smallest absolute Gasteiger partial charge is 0.248 e. The minimum atomic E-state index is -3.14. The molecular formula is C15H16ClFN2O3S2. The lowest BCUT2D eigenvalue weighted by Crippen LogP contribution is -2.37. The van der Waals surface area contributed by atoms with Crippen LogP contribution in [0, 0.1) is 5.82 Å². The van der Waals surface area contributed by atoms with Gasteiger partial charge in [0.05, 0.1) is 22.6 Å². The van der Waals surface area contributed by atoms with Crippen molar-refractivity contribution in [1.82, 2.24) is 0 Å². The summed E-state index contributed by atoms with van der Waals surface area (Å²) in [5.41, 5.74) is 0.543. The van der Waals surface area contributed by atoms with Crippen molar-refractivity contribution >= 4 is 50.0 Å². The number of thioether (sulfide) groups is 1. The molecule has 3 rings (SSSR count). The second-order valence-electron chi connectivity index (χ2n) is 5.81. The third-order valence-electron chi connectivity index (χ3n) is 3.93. The van der Waals surface area contributed by atoms with E-state index in [9.17, 15) is 17.6 Å². The molecule has 5 nitrogen and oxygen atoms in total. The Morgan fingerprint density at radius 1 is 1.46 bits per heavy atom. The zero-order valence-corrected chi connectivity index (χ0v) is 15.3. The van der Waals surface area contributed by atoms with Gasteiger partial charge in [-0.05, 0) is 24.6 Å². The number of benzene rings is 1. The fourth-order valence-corrected chi connectivity index (χ4v) is 6.98. The number of anilines is 1. The number of carbonyl (C=O) groups excluding carboxylic acids is 1. The van der Waals surface area contributed by atoms with Crippen molar-refractivity contribution in [3.8, 4) is 0 Å². The largest absolute Gasteiger partial charge is 0.316 e. The van der Waals surface area contributed by atoms with Crippen LogP contribution >= 0.6 is 23.4 Å². The second-order valence-corrected chi connectivity index (χ2v) is 9.57. The third-order valence-corrected chi connectivity index (χ3v) is 7.43. The molecule has 1 amide bonds. The van der Waals surface area contributed by atoms with Crippen LogP contribution < -0.4 is 4.90 Å². The Bertz CT molecular complexity index is 813. The van der Waals surface area contributed by atoms with E-state index >= 15 is 0 Å². The van der Waals surface area contributed by atoms with E-state index in [-0.39, 0.29) is 33.7 Å². The van der Waals surface area contributed by atoms with E-state index in [1.54, 1.807) is 4.90 Å². The maximum absolute atomic E-state index is 13.4. The number of fused-ring (bicyclic) bond motifs is 1. The first-order chi connectivity index (χ1) is 11.3. The van der Waals surface area contributed by atoms with Crippen LogP contribution in [0.4, 0.5) is 10.1 Å². The molecule has 0 N–H and O–H groups in total. The van der Waals surface area contributed by atoms with Crippen LogP contribution in [0.3, 0.4) is 0 Å². The first-order valence-electron chi connectivity index (χ1n) is 7.53. The number of carbonyl (C=O) groups is 1. The molecule has 0 spiro atoms. The van der Waals surface area contributed by atoms with Gasteiger partial charge in [-0.2, -0.15) is 4.99 Å². The van der Waals surface area contributed by atoms with Crippen molar-refractivity contribution in [1.29, 1.82) is 0 Å². The highest BCUT2D eigenvalue weighted by Gasteiger charge is 2.49. The molecule has 24 heavy (non-hydrogen) atoms. The number of halogens is 2. The molecule has 0 aliphatic carbocycles. The molecule has 0 saturated carbocycles. The molecular weight excluding hydrogens is 375 g/mol. The van der Waals surface area contributed by atoms with Crippen LogP contribution in [0.15, 0.2) is 23.2 Å². The monoisotopic (exact) mass is 390 g/mol. The van der Waals surface area contributed by atoms with Gasteiger partial charge in [-0.1, -0.05) is 30.3 Å². The van der Waals surface area contributed by atoms with Crippen molar-refractivity contribution in [3.63, 3.8) is 0 Å². The Morgan fingerprint density at radius 3 is 2.88 bits per heavy atom. The first-order valence-corrected chi connectivity index (χ1v) is 10.6. The molecule has 130 valence electrons. The third kappa shape index (κ3) is 3.45. The summed E-state index contributed by atoms with van der Waals surface area (Å²) in [4.78, 5) is 17.8. The number of aliphatic imine (C=N–C) groups is 1. The van der Waals surface area contributed by atoms with Gasteiger partial charge in [-0.25, -0.2) is 12.8 Å². The zero-order valence-electron chi connectivity index (χ0n) is 12.9. The number of amides is 1. The summed E-state index contributed by atoms with van der Waals surface area (Å²) >= 11 is 7.15. The van der Waals surface area contributed by atoms with Gasteiger partial charge in [0.1, 0.15) is 5.82 Å². The fraction of sp³-hybridized carbons (Fsp3) is 0.467. The average Bonchev–Trinajstić information content (AvgIpc) is 2.93. The molecule has 2 atom stereocenters. The number of hydrogen-bond acceptors (Lipinski definition) is 4. The minimum Gasteiger partial charge on any atom is -0.316 e. The number of rotatable bonds is 3. The van der Waals surface area contributed by atoms with E-state index in [0.29, 0.717) is 23.7 Å². The maximum atomic E-state index is 13.4. The Balaban J connectivity index is 2.01. The predicted octanol–water partition coefficient (Wildman–Crippen LogP) is 2.88. The Kier molecular flexibility index (Phi) is 4.90.